The van der Waals surface area contributed by atoms with Crippen LogP contribution in [-0.4, -0.2) is 15.5 Å². The first-order valence-electron chi connectivity index (χ1n) is 8.27. The average molecular weight is 392 g/mol. The smallest absolute Gasteiger partial charge is 0.262 e. The molecule has 0 fully saturated rings. The molecule has 1 amide bonds. The van der Waals surface area contributed by atoms with E-state index in [1.165, 1.54) is 27.9 Å². The Kier molecular flexibility index (Phi) is 4.50. The Morgan fingerprint density at radius 2 is 2.15 bits per heavy atom. The molecule has 4 rings (SSSR count). The van der Waals surface area contributed by atoms with Gasteiger partial charge in [-0.15, -0.1) is 11.3 Å². The standard InChI is InChI=1S/C18H15ClFN3O2S/c19-10-5-6-13(12(20)7-10)22-15(24)8-23-9-21-17-16(18(23)25)11-3-1-2-4-14(11)26-17/h5-7,9H,1-4,8H2,(H,22,24). The Morgan fingerprint density at radius 3 is 2.96 bits per heavy atom. The second-order valence-corrected chi connectivity index (χ2v) is 7.76. The number of amides is 1. The molecule has 0 atom stereocenters. The average Bonchev–Trinajstić information content (AvgIpc) is 2.99. The molecule has 1 aliphatic rings. The lowest BCUT2D eigenvalue weighted by Crippen LogP contribution is -2.28. The van der Waals surface area contributed by atoms with E-state index >= 15 is 0 Å². The summed E-state index contributed by atoms with van der Waals surface area (Å²) in [5, 5.41) is 3.33. The molecule has 1 aromatic carbocycles. The third-order valence-corrected chi connectivity index (χ3v) is 5.90. The first kappa shape index (κ1) is 17.2. The van der Waals surface area contributed by atoms with E-state index < -0.39 is 11.7 Å². The highest BCUT2D eigenvalue weighted by molar-refractivity contribution is 7.18. The zero-order chi connectivity index (χ0) is 18.3. The van der Waals surface area contributed by atoms with Crippen molar-refractivity contribution in [3.8, 4) is 0 Å². The molecule has 3 aromatic rings. The number of thiophene rings is 1. The number of hydrogen-bond donors (Lipinski definition) is 1. The molecule has 0 saturated carbocycles. The van der Waals surface area contributed by atoms with Crippen LogP contribution in [0.5, 0.6) is 0 Å². The molecular weight excluding hydrogens is 377 g/mol. The van der Waals surface area contributed by atoms with Crippen molar-refractivity contribution in [1.82, 2.24) is 9.55 Å². The number of nitrogens with zero attached hydrogens (tertiary/aromatic N) is 2. The third-order valence-electron chi connectivity index (χ3n) is 4.46. The van der Waals surface area contributed by atoms with Crippen LogP contribution in [-0.2, 0) is 24.2 Å². The van der Waals surface area contributed by atoms with Crippen LogP contribution in [0.15, 0.2) is 29.3 Å². The number of rotatable bonds is 3. The van der Waals surface area contributed by atoms with Gasteiger partial charge in [-0.2, -0.15) is 0 Å². The van der Waals surface area contributed by atoms with E-state index in [4.69, 9.17) is 11.6 Å². The van der Waals surface area contributed by atoms with Crippen molar-refractivity contribution < 1.29 is 9.18 Å². The summed E-state index contributed by atoms with van der Waals surface area (Å²) in [5.41, 5.74) is 0.878. The van der Waals surface area contributed by atoms with E-state index in [1.807, 2.05) is 0 Å². The van der Waals surface area contributed by atoms with E-state index in [-0.39, 0.29) is 22.8 Å². The first-order valence-corrected chi connectivity index (χ1v) is 9.47. The Bertz CT molecular complexity index is 1080. The maximum atomic E-state index is 13.8. The number of benzene rings is 1. The van der Waals surface area contributed by atoms with Gasteiger partial charge in [0.2, 0.25) is 5.91 Å². The van der Waals surface area contributed by atoms with Crippen molar-refractivity contribution in [2.75, 3.05) is 5.32 Å². The summed E-state index contributed by atoms with van der Waals surface area (Å²) in [6, 6.07) is 3.99. The van der Waals surface area contributed by atoms with Crippen LogP contribution in [0.25, 0.3) is 10.2 Å². The summed E-state index contributed by atoms with van der Waals surface area (Å²) >= 11 is 7.26. The monoisotopic (exact) mass is 391 g/mol. The third kappa shape index (κ3) is 3.12. The van der Waals surface area contributed by atoms with E-state index in [0.717, 1.165) is 42.1 Å². The van der Waals surface area contributed by atoms with Crippen molar-refractivity contribution in [1.29, 1.82) is 0 Å². The van der Waals surface area contributed by atoms with Gasteiger partial charge in [-0.3, -0.25) is 14.2 Å². The van der Waals surface area contributed by atoms with Gasteiger partial charge in [-0.05, 0) is 49.4 Å². The predicted molar refractivity (Wildman–Crippen MR) is 101 cm³/mol. The maximum absolute atomic E-state index is 13.8. The Hall–Kier alpha value is -2.25. The Balaban J connectivity index is 1.61. The summed E-state index contributed by atoms with van der Waals surface area (Å²) in [6.07, 6.45) is 5.42. The highest BCUT2D eigenvalue weighted by Crippen LogP contribution is 2.33. The number of aromatic nitrogens is 2. The van der Waals surface area contributed by atoms with Gasteiger partial charge in [0.25, 0.3) is 5.56 Å². The number of carbonyl (C=O) groups excluding carboxylic acids is 1. The molecule has 8 heteroatoms. The Labute approximate surface area is 157 Å². The predicted octanol–water partition coefficient (Wildman–Crippen LogP) is 3.77. The van der Waals surface area contributed by atoms with Crippen LogP contribution in [0.1, 0.15) is 23.3 Å². The Morgan fingerprint density at radius 1 is 1.35 bits per heavy atom. The summed E-state index contributed by atoms with van der Waals surface area (Å²) in [5.74, 6) is -1.13. The molecule has 0 saturated heterocycles. The number of aryl methyl sites for hydroxylation is 2. The van der Waals surface area contributed by atoms with Crippen LogP contribution in [0.3, 0.4) is 0 Å². The fourth-order valence-electron chi connectivity index (χ4n) is 3.23. The molecule has 26 heavy (non-hydrogen) atoms. The van der Waals surface area contributed by atoms with Crippen molar-refractivity contribution in [2.45, 2.75) is 32.2 Å². The van der Waals surface area contributed by atoms with E-state index in [2.05, 4.69) is 10.3 Å². The SMILES string of the molecule is O=C(Cn1cnc2sc3c(c2c1=O)CCCC3)Nc1ccc(Cl)cc1F. The zero-order valence-electron chi connectivity index (χ0n) is 13.7. The first-order chi connectivity index (χ1) is 12.5. The van der Waals surface area contributed by atoms with Crippen LogP contribution in [0, 0.1) is 5.82 Å². The molecule has 0 spiro atoms. The highest BCUT2D eigenvalue weighted by atomic mass is 35.5. The van der Waals surface area contributed by atoms with Gasteiger partial charge < -0.3 is 5.32 Å². The highest BCUT2D eigenvalue weighted by Gasteiger charge is 2.20. The summed E-state index contributed by atoms with van der Waals surface area (Å²) < 4.78 is 15.1. The van der Waals surface area contributed by atoms with Crippen LogP contribution in [0.2, 0.25) is 5.02 Å². The molecule has 1 aliphatic carbocycles. The van der Waals surface area contributed by atoms with Crippen LogP contribution < -0.4 is 10.9 Å². The molecule has 0 unspecified atom stereocenters. The minimum atomic E-state index is -0.626. The zero-order valence-corrected chi connectivity index (χ0v) is 15.3. The number of carbonyl (C=O) groups is 1. The topological polar surface area (TPSA) is 64.0 Å². The molecule has 1 N–H and O–H groups in total. The quantitative estimate of drug-likeness (QED) is 0.739. The molecular formula is C18H15ClFN3O2S. The number of anilines is 1. The van der Waals surface area contributed by atoms with Crippen LogP contribution >= 0.6 is 22.9 Å². The van der Waals surface area contributed by atoms with Crippen LogP contribution in [0.4, 0.5) is 10.1 Å². The molecule has 0 bridgehead atoms. The molecule has 0 radical (unpaired) electrons. The van der Waals surface area contributed by atoms with Crippen molar-refractivity contribution >= 4 is 44.7 Å². The normalized spacial score (nSPS) is 13.6. The van der Waals surface area contributed by atoms with Gasteiger partial charge in [0, 0.05) is 9.90 Å². The molecule has 2 heterocycles. The molecule has 5 nitrogen and oxygen atoms in total. The number of hydrogen-bond acceptors (Lipinski definition) is 4. The second kappa shape index (κ2) is 6.81. The summed E-state index contributed by atoms with van der Waals surface area (Å²) in [7, 11) is 0. The fourth-order valence-corrected chi connectivity index (χ4v) is 4.61. The van der Waals surface area contributed by atoms with E-state index in [1.54, 1.807) is 11.3 Å². The second-order valence-electron chi connectivity index (χ2n) is 6.24. The minimum Gasteiger partial charge on any atom is -0.322 e. The van der Waals surface area contributed by atoms with Crippen molar-refractivity contribution in [3.63, 3.8) is 0 Å². The van der Waals surface area contributed by atoms with Gasteiger partial charge in [-0.25, -0.2) is 9.37 Å². The molecule has 134 valence electrons. The van der Waals surface area contributed by atoms with E-state index in [0.29, 0.717) is 5.39 Å². The van der Waals surface area contributed by atoms with Gasteiger partial charge in [0.1, 0.15) is 17.2 Å². The fraction of sp³-hybridized carbons (Fsp3) is 0.278. The van der Waals surface area contributed by atoms with Crippen molar-refractivity contribution in [3.05, 3.63) is 56.2 Å². The lowest BCUT2D eigenvalue weighted by atomic mass is 9.97. The lowest BCUT2D eigenvalue weighted by molar-refractivity contribution is -0.116. The minimum absolute atomic E-state index is 0.0226. The number of halogens is 2. The van der Waals surface area contributed by atoms with Gasteiger partial charge >= 0.3 is 0 Å². The summed E-state index contributed by atoms with van der Waals surface area (Å²) in [6.45, 7) is -0.228. The summed E-state index contributed by atoms with van der Waals surface area (Å²) in [4.78, 5) is 31.4. The number of nitrogens with one attached hydrogen (secondary N) is 1. The van der Waals surface area contributed by atoms with Gasteiger partial charge in [-0.1, -0.05) is 11.6 Å². The number of fused-ring (bicyclic) bond motifs is 3. The largest absolute Gasteiger partial charge is 0.322 e. The van der Waals surface area contributed by atoms with Crippen molar-refractivity contribution in [2.24, 2.45) is 0 Å². The van der Waals surface area contributed by atoms with Gasteiger partial charge in [0.05, 0.1) is 17.4 Å². The lowest BCUT2D eigenvalue weighted by Gasteiger charge is -2.11. The van der Waals surface area contributed by atoms with E-state index in [9.17, 15) is 14.0 Å². The maximum Gasteiger partial charge on any atom is 0.262 e. The molecule has 0 aliphatic heterocycles. The molecule has 2 aromatic heterocycles. The van der Waals surface area contributed by atoms with Gasteiger partial charge in [0.15, 0.2) is 0 Å².